The number of hydrogen-bond donors (Lipinski definition) is 2. The minimum absolute atomic E-state index is 0.121. The van der Waals surface area contributed by atoms with Crippen molar-refractivity contribution in [3.05, 3.63) is 101 Å². The van der Waals surface area contributed by atoms with Crippen LogP contribution in [0.4, 0.5) is 10.1 Å². The number of rotatable bonds is 3. The van der Waals surface area contributed by atoms with E-state index < -0.39 is 29.3 Å². The summed E-state index contributed by atoms with van der Waals surface area (Å²) >= 11 is 0. The maximum absolute atomic E-state index is 13.3. The topological polar surface area (TPSA) is 77.8 Å². The van der Waals surface area contributed by atoms with E-state index in [1.165, 1.54) is 29.2 Å². The molecule has 3 aromatic rings. The van der Waals surface area contributed by atoms with Gasteiger partial charge in [-0.25, -0.2) is 4.39 Å². The number of Topliss-reactive ketones (excluding diaryl/α,β-unsaturated/α-hetero) is 1. The van der Waals surface area contributed by atoms with Crippen LogP contribution >= 0.6 is 0 Å². The summed E-state index contributed by atoms with van der Waals surface area (Å²) in [4.78, 5) is 27.2. The Balaban J connectivity index is 1.99. The van der Waals surface area contributed by atoms with Crippen LogP contribution in [0.2, 0.25) is 0 Å². The zero-order valence-corrected chi connectivity index (χ0v) is 16.0. The Hall–Kier alpha value is -3.93. The number of benzene rings is 3. The van der Waals surface area contributed by atoms with Gasteiger partial charge in [-0.3, -0.25) is 14.5 Å². The Labute approximate surface area is 172 Å². The number of aromatic hydroxyl groups is 1. The summed E-state index contributed by atoms with van der Waals surface area (Å²) in [5, 5.41) is 21.3. The van der Waals surface area contributed by atoms with Crippen molar-refractivity contribution in [2.75, 3.05) is 4.90 Å². The summed E-state index contributed by atoms with van der Waals surface area (Å²) in [5.41, 5.74) is 1.68. The van der Waals surface area contributed by atoms with Crippen LogP contribution in [0, 0.1) is 12.7 Å². The van der Waals surface area contributed by atoms with E-state index in [0.717, 1.165) is 17.7 Å². The van der Waals surface area contributed by atoms with Crippen LogP contribution in [-0.4, -0.2) is 21.9 Å². The number of aryl methyl sites for hydroxylation is 1. The number of amides is 1. The molecule has 0 radical (unpaired) electrons. The minimum Gasteiger partial charge on any atom is -0.507 e. The number of anilines is 1. The van der Waals surface area contributed by atoms with E-state index in [1.807, 2.05) is 19.1 Å². The molecule has 6 heteroatoms. The first kappa shape index (κ1) is 19.4. The normalized spacial score (nSPS) is 18.1. The van der Waals surface area contributed by atoms with Crippen molar-refractivity contribution in [1.82, 2.24) is 0 Å². The highest BCUT2D eigenvalue weighted by molar-refractivity contribution is 6.52. The van der Waals surface area contributed by atoms with E-state index in [9.17, 15) is 24.2 Å². The Morgan fingerprint density at radius 1 is 0.933 bits per heavy atom. The first-order chi connectivity index (χ1) is 14.4. The number of halogens is 1. The van der Waals surface area contributed by atoms with Crippen molar-refractivity contribution in [3.8, 4) is 5.75 Å². The molecule has 1 aliphatic rings. The molecule has 1 fully saturated rings. The van der Waals surface area contributed by atoms with Crippen LogP contribution in [0.5, 0.6) is 5.75 Å². The zero-order valence-electron chi connectivity index (χ0n) is 16.0. The van der Waals surface area contributed by atoms with E-state index in [4.69, 9.17) is 0 Å². The van der Waals surface area contributed by atoms with E-state index in [2.05, 4.69) is 0 Å². The third-order valence-electron chi connectivity index (χ3n) is 5.19. The number of carbonyl (C=O) groups excluding carboxylic acids is 2. The fourth-order valence-electron chi connectivity index (χ4n) is 3.70. The molecule has 1 atom stereocenters. The molecular weight excluding hydrogens is 385 g/mol. The van der Waals surface area contributed by atoms with Crippen LogP contribution in [0.1, 0.15) is 22.7 Å². The molecule has 150 valence electrons. The molecule has 0 bridgehead atoms. The Morgan fingerprint density at radius 3 is 2.23 bits per heavy atom. The number of para-hydroxylation sites is 2. The first-order valence-electron chi connectivity index (χ1n) is 9.30. The summed E-state index contributed by atoms with van der Waals surface area (Å²) in [7, 11) is 0. The molecule has 2 N–H and O–H groups in total. The van der Waals surface area contributed by atoms with Crippen molar-refractivity contribution >= 4 is 23.1 Å². The number of aliphatic hydroxyl groups excluding tert-OH is 1. The predicted molar refractivity (Wildman–Crippen MR) is 110 cm³/mol. The molecule has 0 saturated carbocycles. The lowest BCUT2D eigenvalue weighted by atomic mass is 9.92. The third kappa shape index (κ3) is 3.12. The molecule has 1 unspecified atom stereocenters. The predicted octanol–water partition coefficient (Wildman–Crippen LogP) is 4.47. The number of carbonyl (C=O) groups is 2. The third-order valence-corrected chi connectivity index (χ3v) is 5.19. The standard InChI is InChI=1S/C24H18FNO4/c1-14-6-2-3-7-17(14)21-20(22(28)15-10-12-16(25)13-11-15)23(29)24(30)26(21)18-8-4-5-9-19(18)27/h2-13,21,27-28H,1H3/b22-20+. The van der Waals surface area contributed by atoms with Gasteiger partial charge in [0.1, 0.15) is 17.3 Å². The van der Waals surface area contributed by atoms with Gasteiger partial charge in [0.2, 0.25) is 0 Å². The average Bonchev–Trinajstić information content (AvgIpc) is 2.99. The van der Waals surface area contributed by atoms with Gasteiger partial charge >= 0.3 is 0 Å². The smallest absolute Gasteiger partial charge is 0.300 e. The van der Waals surface area contributed by atoms with Crippen molar-refractivity contribution in [2.45, 2.75) is 13.0 Å². The van der Waals surface area contributed by atoms with Crippen LogP contribution in [0.25, 0.3) is 5.76 Å². The molecule has 1 aliphatic heterocycles. The molecule has 5 nitrogen and oxygen atoms in total. The molecular formula is C24H18FNO4. The Kier molecular flexibility index (Phi) is 4.83. The average molecular weight is 403 g/mol. The molecule has 1 amide bonds. The fourth-order valence-corrected chi connectivity index (χ4v) is 3.70. The lowest BCUT2D eigenvalue weighted by Crippen LogP contribution is -2.29. The Morgan fingerprint density at radius 2 is 1.57 bits per heavy atom. The van der Waals surface area contributed by atoms with Crippen molar-refractivity contribution in [3.63, 3.8) is 0 Å². The molecule has 30 heavy (non-hydrogen) atoms. The monoisotopic (exact) mass is 403 g/mol. The second-order valence-corrected chi connectivity index (χ2v) is 7.02. The molecule has 3 aromatic carbocycles. The van der Waals surface area contributed by atoms with Crippen LogP contribution in [0.15, 0.2) is 78.4 Å². The zero-order chi connectivity index (χ0) is 21.4. The number of ketones is 1. The van der Waals surface area contributed by atoms with Crippen LogP contribution < -0.4 is 4.90 Å². The van der Waals surface area contributed by atoms with Gasteiger partial charge in [-0.1, -0.05) is 36.4 Å². The van der Waals surface area contributed by atoms with Crippen molar-refractivity contribution in [2.24, 2.45) is 0 Å². The van der Waals surface area contributed by atoms with Gasteiger partial charge in [-0.05, 0) is 54.4 Å². The summed E-state index contributed by atoms with van der Waals surface area (Å²) in [6, 6.07) is 17.4. The summed E-state index contributed by atoms with van der Waals surface area (Å²) in [5.74, 6) is -2.81. The van der Waals surface area contributed by atoms with Crippen LogP contribution in [-0.2, 0) is 9.59 Å². The quantitative estimate of drug-likeness (QED) is 0.384. The largest absolute Gasteiger partial charge is 0.507 e. The van der Waals surface area contributed by atoms with Gasteiger partial charge < -0.3 is 10.2 Å². The Bertz CT molecular complexity index is 1180. The van der Waals surface area contributed by atoms with Gasteiger partial charge in [0.25, 0.3) is 11.7 Å². The summed E-state index contributed by atoms with van der Waals surface area (Å²) in [6.07, 6.45) is 0. The number of aliphatic hydroxyl groups is 1. The number of phenols is 1. The van der Waals surface area contributed by atoms with Crippen molar-refractivity contribution in [1.29, 1.82) is 0 Å². The second-order valence-electron chi connectivity index (χ2n) is 7.02. The highest BCUT2D eigenvalue weighted by atomic mass is 19.1. The highest BCUT2D eigenvalue weighted by Crippen LogP contribution is 2.45. The molecule has 4 rings (SSSR count). The van der Waals surface area contributed by atoms with Crippen LogP contribution in [0.3, 0.4) is 0 Å². The van der Waals surface area contributed by atoms with Gasteiger partial charge in [0, 0.05) is 5.56 Å². The van der Waals surface area contributed by atoms with E-state index in [1.54, 1.807) is 24.3 Å². The highest BCUT2D eigenvalue weighted by Gasteiger charge is 2.48. The second kappa shape index (κ2) is 7.48. The number of nitrogens with zero attached hydrogens (tertiary/aromatic N) is 1. The van der Waals surface area contributed by atoms with Gasteiger partial charge in [0.15, 0.2) is 0 Å². The molecule has 1 heterocycles. The van der Waals surface area contributed by atoms with E-state index in [-0.39, 0.29) is 22.6 Å². The first-order valence-corrected chi connectivity index (χ1v) is 9.30. The van der Waals surface area contributed by atoms with Crippen molar-refractivity contribution < 1.29 is 24.2 Å². The molecule has 0 aromatic heterocycles. The van der Waals surface area contributed by atoms with E-state index in [0.29, 0.717) is 5.56 Å². The fraction of sp³-hybridized carbons (Fsp3) is 0.0833. The van der Waals surface area contributed by atoms with Gasteiger partial charge in [-0.2, -0.15) is 0 Å². The molecule has 1 saturated heterocycles. The lowest BCUT2D eigenvalue weighted by molar-refractivity contribution is -0.132. The number of hydrogen-bond acceptors (Lipinski definition) is 4. The summed E-state index contributed by atoms with van der Waals surface area (Å²) < 4.78 is 13.3. The SMILES string of the molecule is Cc1ccccc1C1/C(=C(\O)c2ccc(F)cc2)C(=O)C(=O)N1c1ccccc1O. The minimum atomic E-state index is -0.954. The maximum Gasteiger partial charge on any atom is 0.300 e. The lowest BCUT2D eigenvalue weighted by Gasteiger charge is -2.27. The maximum atomic E-state index is 13.3. The van der Waals surface area contributed by atoms with E-state index >= 15 is 0 Å². The number of phenolic OH excluding ortho intramolecular Hbond substituents is 1. The molecule has 0 spiro atoms. The van der Waals surface area contributed by atoms with Gasteiger partial charge in [-0.15, -0.1) is 0 Å². The molecule has 0 aliphatic carbocycles. The van der Waals surface area contributed by atoms with Gasteiger partial charge in [0.05, 0.1) is 17.3 Å². The summed E-state index contributed by atoms with van der Waals surface area (Å²) in [6.45, 7) is 1.83.